The van der Waals surface area contributed by atoms with Gasteiger partial charge in [0.2, 0.25) is 11.8 Å². The van der Waals surface area contributed by atoms with Gasteiger partial charge < -0.3 is 9.32 Å². The van der Waals surface area contributed by atoms with Crippen molar-refractivity contribution in [2.24, 2.45) is 0 Å². The molecule has 0 saturated carbocycles. The molecule has 5 nitrogen and oxygen atoms in total. The summed E-state index contributed by atoms with van der Waals surface area (Å²) in [6.07, 6.45) is 6.00. The van der Waals surface area contributed by atoms with Crippen LogP contribution in [-0.2, 0) is 11.3 Å². The van der Waals surface area contributed by atoms with Gasteiger partial charge in [0, 0.05) is 32.1 Å². The van der Waals surface area contributed by atoms with E-state index in [1.54, 1.807) is 0 Å². The number of hydrogen-bond donors (Lipinski definition) is 0. The Balaban J connectivity index is 1.46. The van der Waals surface area contributed by atoms with Gasteiger partial charge in [-0.3, -0.25) is 9.69 Å². The zero-order valence-electron chi connectivity index (χ0n) is 16.8. The molecular weight excluding hydrogens is 376 g/mol. The number of aryl methyl sites for hydroxylation is 1. The summed E-state index contributed by atoms with van der Waals surface area (Å²) in [5, 5.41) is 0. The Morgan fingerprint density at radius 2 is 2.07 bits per heavy atom. The van der Waals surface area contributed by atoms with Gasteiger partial charge in [0.1, 0.15) is 17.4 Å². The first-order chi connectivity index (χ1) is 14.0. The minimum atomic E-state index is -0.551. The minimum Gasteiger partial charge on any atom is -0.441 e. The Labute approximate surface area is 169 Å². The number of hydrogen-bond acceptors (Lipinski definition) is 4. The molecule has 2 aliphatic rings. The first-order valence-corrected chi connectivity index (χ1v) is 10.4. The lowest BCUT2D eigenvalue weighted by atomic mass is 9.98. The van der Waals surface area contributed by atoms with Crippen LogP contribution in [0, 0.1) is 18.6 Å². The third-order valence-electron chi connectivity index (χ3n) is 6.06. The molecule has 2 saturated heterocycles. The summed E-state index contributed by atoms with van der Waals surface area (Å²) in [7, 11) is 0. The predicted octanol–water partition coefficient (Wildman–Crippen LogP) is 4.30. The van der Waals surface area contributed by atoms with Crippen molar-refractivity contribution in [1.29, 1.82) is 0 Å². The molecule has 29 heavy (non-hydrogen) atoms. The molecule has 2 aromatic rings. The second kappa shape index (κ2) is 8.61. The van der Waals surface area contributed by atoms with Crippen LogP contribution in [-0.4, -0.2) is 46.4 Å². The summed E-state index contributed by atoms with van der Waals surface area (Å²) in [5.74, 6) is -0.0634. The quantitative estimate of drug-likeness (QED) is 0.722. The van der Waals surface area contributed by atoms with Crippen LogP contribution in [0.15, 0.2) is 22.6 Å². The topological polar surface area (TPSA) is 49.6 Å². The molecule has 1 atom stereocenters. The summed E-state index contributed by atoms with van der Waals surface area (Å²) in [4.78, 5) is 20.7. The molecule has 1 aromatic heterocycles. The van der Waals surface area contributed by atoms with Crippen LogP contribution < -0.4 is 0 Å². The van der Waals surface area contributed by atoms with Crippen LogP contribution in [0.1, 0.15) is 50.0 Å². The Kier molecular flexibility index (Phi) is 5.94. The molecule has 1 aromatic carbocycles. The molecule has 2 aliphatic heterocycles. The van der Waals surface area contributed by atoms with Crippen LogP contribution in [0.4, 0.5) is 8.78 Å². The molecule has 0 spiro atoms. The van der Waals surface area contributed by atoms with E-state index in [4.69, 9.17) is 4.42 Å². The number of rotatable bonds is 6. The third kappa shape index (κ3) is 4.50. The molecule has 3 heterocycles. The zero-order valence-corrected chi connectivity index (χ0v) is 16.8. The number of benzene rings is 1. The van der Waals surface area contributed by atoms with Gasteiger partial charge in [0.25, 0.3) is 0 Å². The lowest BCUT2D eigenvalue weighted by molar-refractivity contribution is -0.127. The molecule has 7 heteroatoms. The number of carbonyl (C=O) groups excluding carboxylic acids is 1. The van der Waals surface area contributed by atoms with Crippen molar-refractivity contribution in [3.05, 3.63) is 41.3 Å². The summed E-state index contributed by atoms with van der Waals surface area (Å²) in [5.41, 5.74) is 0.801. The fraction of sp³-hybridized carbons (Fsp3) is 0.545. The number of piperidine rings is 1. The first-order valence-electron chi connectivity index (χ1n) is 10.4. The highest BCUT2D eigenvalue weighted by Crippen LogP contribution is 2.28. The molecule has 0 radical (unpaired) electrons. The van der Waals surface area contributed by atoms with Crippen molar-refractivity contribution < 1.29 is 18.0 Å². The maximum atomic E-state index is 14.1. The van der Waals surface area contributed by atoms with Gasteiger partial charge in [-0.1, -0.05) is 6.42 Å². The van der Waals surface area contributed by atoms with Gasteiger partial charge >= 0.3 is 0 Å². The van der Waals surface area contributed by atoms with E-state index in [9.17, 15) is 13.6 Å². The van der Waals surface area contributed by atoms with E-state index in [0.29, 0.717) is 24.8 Å². The number of oxazole rings is 1. The molecule has 0 bridgehead atoms. The average Bonchev–Trinajstić information content (AvgIpc) is 3.28. The maximum Gasteiger partial charge on any atom is 0.229 e. The molecule has 1 unspecified atom stereocenters. The zero-order chi connectivity index (χ0) is 20.4. The SMILES string of the molecule is Cc1oc(-c2cc(F)ccc2F)nc1CN1CCCCC1CCN1CCCC1=O. The summed E-state index contributed by atoms with van der Waals surface area (Å²) in [6.45, 7) is 5.07. The van der Waals surface area contributed by atoms with Gasteiger partial charge in [-0.15, -0.1) is 0 Å². The standard InChI is InChI=1S/C22H27F2N3O2/c1-15-20(25-22(29-15)18-13-16(23)7-8-19(18)24)14-27-10-3-2-5-17(27)9-12-26-11-4-6-21(26)28/h7-8,13,17H,2-6,9-12,14H2,1H3. The van der Waals surface area contributed by atoms with Crippen molar-refractivity contribution >= 4 is 5.91 Å². The number of carbonyl (C=O) groups is 1. The van der Waals surface area contributed by atoms with E-state index < -0.39 is 11.6 Å². The smallest absolute Gasteiger partial charge is 0.229 e. The highest BCUT2D eigenvalue weighted by atomic mass is 19.1. The average molecular weight is 403 g/mol. The van der Waals surface area contributed by atoms with Crippen molar-refractivity contribution in [3.63, 3.8) is 0 Å². The Hall–Kier alpha value is -2.28. The van der Waals surface area contributed by atoms with Crippen molar-refractivity contribution in [2.75, 3.05) is 19.6 Å². The molecule has 156 valence electrons. The maximum absolute atomic E-state index is 14.1. The number of likely N-dealkylation sites (tertiary alicyclic amines) is 2. The van der Waals surface area contributed by atoms with Crippen LogP contribution in [0.5, 0.6) is 0 Å². The fourth-order valence-electron chi connectivity index (χ4n) is 4.38. The Morgan fingerprint density at radius 3 is 2.86 bits per heavy atom. The molecule has 1 amide bonds. The highest BCUT2D eigenvalue weighted by Gasteiger charge is 2.27. The van der Waals surface area contributed by atoms with Gasteiger partial charge in [-0.05, 0) is 57.4 Å². The van der Waals surface area contributed by atoms with Gasteiger partial charge in [-0.25, -0.2) is 13.8 Å². The molecular formula is C22H27F2N3O2. The monoisotopic (exact) mass is 403 g/mol. The third-order valence-corrected chi connectivity index (χ3v) is 6.06. The first kappa shape index (κ1) is 20.0. The lowest BCUT2D eigenvalue weighted by Gasteiger charge is -2.36. The van der Waals surface area contributed by atoms with Gasteiger partial charge in [0.05, 0.1) is 11.3 Å². The fourth-order valence-corrected chi connectivity index (χ4v) is 4.38. The number of amides is 1. The Bertz CT molecular complexity index is 883. The van der Waals surface area contributed by atoms with Gasteiger partial charge in [0.15, 0.2) is 0 Å². The number of halogens is 2. The van der Waals surface area contributed by atoms with E-state index in [1.807, 2.05) is 11.8 Å². The predicted molar refractivity (Wildman–Crippen MR) is 105 cm³/mol. The normalized spacial score (nSPS) is 20.6. The molecule has 0 N–H and O–H groups in total. The number of aromatic nitrogens is 1. The van der Waals surface area contributed by atoms with E-state index in [-0.39, 0.29) is 17.4 Å². The van der Waals surface area contributed by atoms with Crippen LogP contribution >= 0.6 is 0 Å². The van der Waals surface area contributed by atoms with Crippen LogP contribution in [0.2, 0.25) is 0 Å². The molecule has 0 aliphatic carbocycles. The lowest BCUT2D eigenvalue weighted by Crippen LogP contribution is -2.41. The highest BCUT2D eigenvalue weighted by molar-refractivity contribution is 5.78. The van der Waals surface area contributed by atoms with Crippen LogP contribution in [0.25, 0.3) is 11.5 Å². The van der Waals surface area contributed by atoms with Gasteiger partial charge in [-0.2, -0.15) is 0 Å². The summed E-state index contributed by atoms with van der Waals surface area (Å²) in [6, 6.07) is 3.67. The second-order valence-electron chi connectivity index (χ2n) is 8.04. The second-order valence-corrected chi connectivity index (χ2v) is 8.04. The molecule has 2 fully saturated rings. The van der Waals surface area contributed by atoms with E-state index in [0.717, 1.165) is 69.2 Å². The van der Waals surface area contributed by atoms with Crippen LogP contribution in [0.3, 0.4) is 0 Å². The van der Waals surface area contributed by atoms with Crippen molar-refractivity contribution in [1.82, 2.24) is 14.8 Å². The van der Waals surface area contributed by atoms with Crippen molar-refractivity contribution in [3.8, 4) is 11.5 Å². The van der Waals surface area contributed by atoms with E-state index in [2.05, 4.69) is 9.88 Å². The summed E-state index contributed by atoms with van der Waals surface area (Å²) < 4.78 is 33.3. The summed E-state index contributed by atoms with van der Waals surface area (Å²) >= 11 is 0. The van der Waals surface area contributed by atoms with E-state index in [1.165, 1.54) is 6.42 Å². The molecule has 4 rings (SSSR count). The largest absolute Gasteiger partial charge is 0.441 e. The van der Waals surface area contributed by atoms with Crippen molar-refractivity contribution in [2.45, 2.75) is 58.0 Å². The minimum absolute atomic E-state index is 0.0436. The van der Waals surface area contributed by atoms with E-state index >= 15 is 0 Å². The Morgan fingerprint density at radius 1 is 1.21 bits per heavy atom. The number of nitrogens with zero attached hydrogens (tertiary/aromatic N) is 3.